The van der Waals surface area contributed by atoms with Gasteiger partial charge in [-0.15, -0.1) is 11.8 Å². The molecule has 21 heavy (non-hydrogen) atoms. The van der Waals surface area contributed by atoms with Crippen molar-refractivity contribution in [2.24, 2.45) is 0 Å². The number of nitrogens with zero attached hydrogens (tertiary/aromatic N) is 1. The second-order valence-corrected chi connectivity index (χ2v) is 5.32. The normalized spacial score (nSPS) is 9.81. The Labute approximate surface area is 129 Å². The van der Waals surface area contributed by atoms with E-state index in [1.54, 1.807) is 31.3 Å². The van der Waals surface area contributed by atoms with Gasteiger partial charge in [-0.2, -0.15) is 0 Å². The Balaban J connectivity index is 2.13. The third kappa shape index (κ3) is 4.82. The summed E-state index contributed by atoms with van der Waals surface area (Å²) in [5, 5.41) is 8.76. The minimum absolute atomic E-state index is 0.0912. The van der Waals surface area contributed by atoms with Crippen molar-refractivity contribution in [3.8, 4) is 17.6 Å². The number of methoxy groups -OCH3 is 1. The molecule has 0 aliphatic rings. The van der Waals surface area contributed by atoms with Gasteiger partial charge in [-0.05, 0) is 30.3 Å². The molecule has 4 heteroatoms. The number of thioether (sulfide) groups is 1. The van der Waals surface area contributed by atoms with E-state index in [0.717, 1.165) is 22.6 Å². The Hall–Kier alpha value is -1.96. The molecular formula is C17H17NO2S. The fraction of sp³-hybridized carbons (Fsp3) is 0.235. The number of aliphatic hydroxyl groups is 1. The lowest BCUT2D eigenvalue weighted by atomic mass is 10.1. The van der Waals surface area contributed by atoms with E-state index in [4.69, 9.17) is 9.84 Å². The highest BCUT2D eigenvalue weighted by Gasteiger charge is 2.05. The minimum Gasteiger partial charge on any atom is -0.496 e. The van der Waals surface area contributed by atoms with Crippen LogP contribution in [0.15, 0.2) is 47.6 Å². The van der Waals surface area contributed by atoms with Gasteiger partial charge >= 0.3 is 0 Å². The molecule has 0 aliphatic heterocycles. The lowest BCUT2D eigenvalue weighted by Crippen LogP contribution is -1.92. The van der Waals surface area contributed by atoms with Crippen molar-refractivity contribution in [1.82, 2.24) is 4.98 Å². The number of rotatable bonds is 5. The smallest absolute Gasteiger partial charge is 0.122 e. The van der Waals surface area contributed by atoms with Crippen molar-refractivity contribution in [1.29, 1.82) is 0 Å². The third-order valence-electron chi connectivity index (χ3n) is 2.79. The molecule has 0 aliphatic carbocycles. The number of hydrogen-bond acceptors (Lipinski definition) is 4. The maximum atomic E-state index is 8.76. The van der Waals surface area contributed by atoms with Crippen molar-refractivity contribution in [2.45, 2.75) is 17.1 Å². The van der Waals surface area contributed by atoms with E-state index in [1.165, 1.54) is 4.90 Å². The molecule has 0 unspecified atom stereocenters. The maximum Gasteiger partial charge on any atom is 0.122 e. The van der Waals surface area contributed by atoms with E-state index in [2.05, 4.69) is 16.8 Å². The van der Waals surface area contributed by atoms with Crippen molar-refractivity contribution in [3.05, 3.63) is 53.9 Å². The summed E-state index contributed by atoms with van der Waals surface area (Å²) >= 11 is 1.73. The summed E-state index contributed by atoms with van der Waals surface area (Å²) in [7, 11) is 1.67. The fourth-order valence-corrected chi connectivity index (χ4v) is 2.65. The largest absolute Gasteiger partial charge is 0.496 e. The second kappa shape index (κ2) is 8.35. The van der Waals surface area contributed by atoms with Gasteiger partial charge in [0.15, 0.2) is 0 Å². The molecule has 1 aromatic carbocycles. The van der Waals surface area contributed by atoms with Crippen LogP contribution in [0.2, 0.25) is 0 Å². The first-order valence-corrected chi connectivity index (χ1v) is 7.61. The van der Waals surface area contributed by atoms with Crippen LogP contribution < -0.4 is 4.74 Å². The van der Waals surface area contributed by atoms with Crippen LogP contribution in [-0.2, 0) is 5.75 Å². The van der Waals surface area contributed by atoms with Crippen molar-refractivity contribution < 1.29 is 9.84 Å². The average Bonchev–Trinajstić information content (AvgIpc) is 2.54. The molecule has 1 aromatic heterocycles. The zero-order valence-electron chi connectivity index (χ0n) is 11.9. The summed E-state index contributed by atoms with van der Waals surface area (Å²) in [5.74, 6) is 7.66. The average molecular weight is 299 g/mol. The molecule has 0 atom stereocenters. The Morgan fingerprint density at radius 3 is 2.76 bits per heavy atom. The number of benzene rings is 1. The molecule has 0 spiro atoms. The monoisotopic (exact) mass is 299 g/mol. The molecule has 0 bridgehead atoms. The minimum atomic E-state index is 0.0912. The lowest BCUT2D eigenvalue weighted by Gasteiger charge is -2.09. The summed E-state index contributed by atoms with van der Waals surface area (Å²) in [4.78, 5) is 5.18. The van der Waals surface area contributed by atoms with Gasteiger partial charge in [-0.25, -0.2) is 0 Å². The molecule has 0 saturated carbocycles. The van der Waals surface area contributed by atoms with Crippen molar-refractivity contribution >= 4 is 11.8 Å². The zero-order valence-corrected chi connectivity index (χ0v) is 12.7. The second-order valence-electron chi connectivity index (χ2n) is 4.27. The van der Waals surface area contributed by atoms with Gasteiger partial charge in [0.1, 0.15) is 5.75 Å². The summed E-state index contributed by atoms with van der Waals surface area (Å²) in [5.41, 5.74) is 2.05. The van der Waals surface area contributed by atoms with E-state index in [-0.39, 0.29) is 6.61 Å². The molecule has 3 nitrogen and oxygen atoms in total. The zero-order chi connectivity index (χ0) is 14.9. The predicted molar refractivity (Wildman–Crippen MR) is 85.4 cm³/mol. The van der Waals surface area contributed by atoms with E-state index in [9.17, 15) is 0 Å². The Bertz CT molecular complexity index is 632. The molecule has 1 heterocycles. The highest BCUT2D eigenvalue weighted by Crippen LogP contribution is 2.28. The molecule has 0 fully saturated rings. The van der Waals surface area contributed by atoms with E-state index >= 15 is 0 Å². The van der Waals surface area contributed by atoms with Crippen LogP contribution in [0.3, 0.4) is 0 Å². The number of ether oxygens (including phenoxy) is 1. The van der Waals surface area contributed by atoms with Gasteiger partial charge < -0.3 is 9.84 Å². The summed E-state index contributed by atoms with van der Waals surface area (Å²) < 4.78 is 5.40. The molecule has 2 rings (SSSR count). The Kier molecular flexibility index (Phi) is 6.14. The van der Waals surface area contributed by atoms with Crippen LogP contribution in [0.5, 0.6) is 5.75 Å². The summed E-state index contributed by atoms with van der Waals surface area (Å²) in [6.07, 6.45) is 4.07. The van der Waals surface area contributed by atoms with Crippen LogP contribution in [-0.4, -0.2) is 23.8 Å². The van der Waals surface area contributed by atoms with E-state index < -0.39 is 0 Å². The van der Waals surface area contributed by atoms with Gasteiger partial charge in [0.2, 0.25) is 0 Å². The Morgan fingerprint density at radius 2 is 2.05 bits per heavy atom. The van der Waals surface area contributed by atoms with Gasteiger partial charge in [0.05, 0.1) is 13.7 Å². The number of aliphatic hydroxyl groups excluding tert-OH is 1. The third-order valence-corrected chi connectivity index (χ3v) is 3.85. The van der Waals surface area contributed by atoms with Crippen LogP contribution in [0, 0.1) is 11.8 Å². The van der Waals surface area contributed by atoms with E-state index in [0.29, 0.717) is 6.42 Å². The van der Waals surface area contributed by atoms with Crippen LogP contribution in [0.25, 0.3) is 0 Å². The molecule has 0 amide bonds. The quantitative estimate of drug-likeness (QED) is 0.680. The maximum absolute atomic E-state index is 8.76. The fourth-order valence-electron chi connectivity index (χ4n) is 1.79. The molecule has 108 valence electrons. The predicted octanol–water partition coefficient (Wildman–Crippen LogP) is 3.12. The van der Waals surface area contributed by atoms with Gasteiger partial charge in [0, 0.05) is 40.6 Å². The first-order chi connectivity index (χ1) is 10.3. The standard InChI is InChI=1S/C17H17NO2S/c1-20-17-6-5-14(4-2-3-11-19)12-15(17)13-21-16-7-9-18-10-8-16/h5-10,12,19H,3,11,13H2,1H3. The summed E-state index contributed by atoms with van der Waals surface area (Å²) in [6, 6.07) is 9.89. The first kappa shape index (κ1) is 15.4. The highest BCUT2D eigenvalue weighted by molar-refractivity contribution is 7.98. The van der Waals surface area contributed by atoms with Crippen LogP contribution in [0.4, 0.5) is 0 Å². The molecule has 1 N–H and O–H groups in total. The van der Waals surface area contributed by atoms with Crippen LogP contribution in [0.1, 0.15) is 17.5 Å². The van der Waals surface area contributed by atoms with Gasteiger partial charge in [-0.1, -0.05) is 11.8 Å². The first-order valence-electron chi connectivity index (χ1n) is 6.63. The topological polar surface area (TPSA) is 42.4 Å². The highest BCUT2D eigenvalue weighted by atomic mass is 32.2. The van der Waals surface area contributed by atoms with Crippen molar-refractivity contribution in [2.75, 3.05) is 13.7 Å². The SMILES string of the molecule is COc1ccc(C#CCCO)cc1CSc1ccncc1. The van der Waals surface area contributed by atoms with Gasteiger partial charge in [0.25, 0.3) is 0 Å². The lowest BCUT2D eigenvalue weighted by molar-refractivity contribution is 0.305. The van der Waals surface area contributed by atoms with E-state index in [1.807, 2.05) is 30.3 Å². The van der Waals surface area contributed by atoms with Gasteiger partial charge in [-0.3, -0.25) is 4.98 Å². The molecular weight excluding hydrogens is 282 g/mol. The number of pyridine rings is 1. The van der Waals surface area contributed by atoms with Crippen molar-refractivity contribution in [3.63, 3.8) is 0 Å². The molecule has 2 aromatic rings. The summed E-state index contributed by atoms with van der Waals surface area (Å²) in [6.45, 7) is 0.0912. The Morgan fingerprint density at radius 1 is 1.24 bits per heavy atom. The number of aromatic nitrogens is 1. The van der Waals surface area contributed by atoms with Crippen LogP contribution >= 0.6 is 11.8 Å². The molecule has 0 radical (unpaired) electrons. The molecule has 0 saturated heterocycles. The number of hydrogen-bond donors (Lipinski definition) is 1.